The number of hydrogen-bond acceptors (Lipinski definition) is 5. The second kappa shape index (κ2) is 6.08. The lowest BCUT2D eigenvalue weighted by Crippen LogP contribution is -2.30. The van der Waals surface area contributed by atoms with Crippen LogP contribution in [0.1, 0.15) is 16.6 Å². The first kappa shape index (κ1) is 13.2. The normalized spacial score (nSPS) is 13.1. The molecule has 0 fully saturated rings. The zero-order chi connectivity index (χ0) is 13.0. The highest BCUT2D eigenvalue weighted by Crippen LogP contribution is 2.22. The third kappa shape index (κ3) is 3.38. The molecule has 1 unspecified atom stereocenters. The number of likely N-dealkylation sites (N-methyl/N-ethyl adjacent to an activating group) is 1. The summed E-state index contributed by atoms with van der Waals surface area (Å²) in [7, 11) is 6.09. The van der Waals surface area contributed by atoms with Crippen LogP contribution >= 0.6 is 11.3 Å². The van der Waals surface area contributed by atoms with Gasteiger partial charge in [-0.2, -0.15) is 0 Å². The van der Waals surface area contributed by atoms with Crippen molar-refractivity contribution in [3.63, 3.8) is 0 Å². The van der Waals surface area contributed by atoms with E-state index in [1.165, 1.54) is 4.88 Å². The van der Waals surface area contributed by atoms with Crippen molar-refractivity contribution in [1.29, 1.82) is 0 Å². The molecule has 0 aromatic carbocycles. The van der Waals surface area contributed by atoms with Gasteiger partial charge in [-0.3, -0.25) is 4.68 Å². The fourth-order valence-electron chi connectivity index (χ4n) is 1.83. The lowest BCUT2D eigenvalue weighted by atomic mass is 10.2. The van der Waals surface area contributed by atoms with E-state index in [2.05, 4.69) is 52.1 Å². The Morgan fingerprint density at radius 3 is 2.89 bits per heavy atom. The predicted octanol–water partition coefficient (Wildman–Crippen LogP) is 1.27. The molecule has 98 valence electrons. The molecule has 0 spiro atoms. The molecule has 1 N–H and O–H groups in total. The van der Waals surface area contributed by atoms with Crippen LogP contribution in [0.15, 0.2) is 23.7 Å². The third-order valence-electron chi connectivity index (χ3n) is 2.79. The zero-order valence-corrected chi connectivity index (χ0v) is 11.8. The Hall–Kier alpha value is -1.24. The van der Waals surface area contributed by atoms with Gasteiger partial charge >= 0.3 is 0 Å². The van der Waals surface area contributed by atoms with E-state index < -0.39 is 0 Å². The molecule has 2 heterocycles. The van der Waals surface area contributed by atoms with Crippen molar-refractivity contribution < 1.29 is 0 Å². The van der Waals surface area contributed by atoms with E-state index in [0.717, 1.165) is 18.8 Å². The molecule has 0 bridgehead atoms. The second-order valence-corrected chi connectivity index (χ2v) is 5.49. The minimum atomic E-state index is 0.404. The van der Waals surface area contributed by atoms with Crippen molar-refractivity contribution >= 4 is 11.3 Å². The third-order valence-corrected chi connectivity index (χ3v) is 3.76. The summed E-state index contributed by atoms with van der Waals surface area (Å²) in [5, 5.41) is 13.5. The Balaban J connectivity index is 1.87. The fraction of sp³-hybridized carbons (Fsp3) is 0.500. The number of aryl methyl sites for hydroxylation is 1. The lowest BCUT2D eigenvalue weighted by molar-refractivity contribution is 0.292. The molecule has 0 radical (unpaired) electrons. The fourth-order valence-corrected chi connectivity index (χ4v) is 2.75. The minimum absolute atomic E-state index is 0.404. The van der Waals surface area contributed by atoms with Crippen LogP contribution in [0.2, 0.25) is 0 Å². The van der Waals surface area contributed by atoms with Gasteiger partial charge in [-0.1, -0.05) is 11.3 Å². The van der Waals surface area contributed by atoms with Gasteiger partial charge in [0.1, 0.15) is 0 Å². The first-order valence-electron chi connectivity index (χ1n) is 5.92. The van der Waals surface area contributed by atoms with Crippen LogP contribution < -0.4 is 5.32 Å². The van der Waals surface area contributed by atoms with Crippen molar-refractivity contribution in [2.45, 2.75) is 12.6 Å². The van der Waals surface area contributed by atoms with Crippen molar-refractivity contribution in [2.75, 3.05) is 20.6 Å². The van der Waals surface area contributed by atoms with Gasteiger partial charge in [-0.05, 0) is 25.5 Å². The summed E-state index contributed by atoms with van der Waals surface area (Å²) in [4.78, 5) is 3.61. The van der Waals surface area contributed by atoms with E-state index in [4.69, 9.17) is 0 Å². The monoisotopic (exact) mass is 265 g/mol. The Morgan fingerprint density at radius 2 is 2.33 bits per heavy atom. The molecule has 0 amide bonds. The molecule has 18 heavy (non-hydrogen) atoms. The lowest BCUT2D eigenvalue weighted by Gasteiger charge is -2.23. The zero-order valence-electron chi connectivity index (χ0n) is 11.0. The predicted molar refractivity (Wildman–Crippen MR) is 73.5 cm³/mol. The molecule has 5 nitrogen and oxygen atoms in total. The molecule has 0 saturated carbocycles. The van der Waals surface area contributed by atoms with Gasteiger partial charge in [0.2, 0.25) is 0 Å². The van der Waals surface area contributed by atoms with E-state index in [9.17, 15) is 0 Å². The van der Waals surface area contributed by atoms with Crippen LogP contribution in [-0.2, 0) is 13.6 Å². The molecule has 0 aliphatic heterocycles. The average Bonchev–Trinajstić information content (AvgIpc) is 2.95. The quantitative estimate of drug-likeness (QED) is 0.854. The highest BCUT2D eigenvalue weighted by molar-refractivity contribution is 7.10. The van der Waals surface area contributed by atoms with Crippen LogP contribution in [0.25, 0.3) is 0 Å². The first-order chi connectivity index (χ1) is 8.66. The second-order valence-electron chi connectivity index (χ2n) is 4.51. The maximum absolute atomic E-state index is 4.06. The maximum atomic E-state index is 4.06. The molecule has 0 aliphatic carbocycles. The minimum Gasteiger partial charge on any atom is -0.309 e. The largest absolute Gasteiger partial charge is 0.309 e. The molecule has 1 atom stereocenters. The van der Waals surface area contributed by atoms with E-state index in [1.54, 1.807) is 16.0 Å². The standard InChI is InChI=1S/C12H19N5S/c1-16(2)11(12-5-4-6-18-12)8-13-7-10-9-17(3)15-14-10/h4-6,9,11,13H,7-8H2,1-3H3. The van der Waals surface area contributed by atoms with Gasteiger partial charge in [-0.15, -0.1) is 16.4 Å². The van der Waals surface area contributed by atoms with Gasteiger partial charge in [0, 0.05) is 31.2 Å². The SMILES string of the molecule is CN(C)C(CNCc1cn(C)nn1)c1cccs1. The highest BCUT2D eigenvalue weighted by atomic mass is 32.1. The van der Waals surface area contributed by atoms with E-state index >= 15 is 0 Å². The number of nitrogens with zero attached hydrogens (tertiary/aromatic N) is 4. The van der Waals surface area contributed by atoms with Crippen LogP contribution in [0.4, 0.5) is 0 Å². The molecule has 2 rings (SSSR count). The Labute approximate surface area is 111 Å². The summed E-state index contributed by atoms with van der Waals surface area (Å²) < 4.78 is 1.72. The number of thiophene rings is 1. The van der Waals surface area contributed by atoms with Crippen molar-refractivity contribution in [1.82, 2.24) is 25.2 Å². The molecular formula is C12H19N5S. The van der Waals surface area contributed by atoms with Crippen molar-refractivity contribution in [2.24, 2.45) is 7.05 Å². The van der Waals surface area contributed by atoms with Crippen LogP contribution in [0.3, 0.4) is 0 Å². The highest BCUT2D eigenvalue weighted by Gasteiger charge is 2.14. The Bertz CT molecular complexity index is 463. The Morgan fingerprint density at radius 1 is 1.50 bits per heavy atom. The summed E-state index contributed by atoms with van der Waals surface area (Å²) in [6, 6.07) is 4.68. The van der Waals surface area contributed by atoms with Gasteiger partial charge in [0.25, 0.3) is 0 Å². The van der Waals surface area contributed by atoms with Crippen molar-refractivity contribution in [3.8, 4) is 0 Å². The molecule has 0 aliphatic rings. The summed E-state index contributed by atoms with van der Waals surface area (Å²) in [6.45, 7) is 1.66. The first-order valence-corrected chi connectivity index (χ1v) is 6.80. The number of hydrogen-bond donors (Lipinski definition) is 1. The van der Waals surface area contributed by atoms with Crippen LogP contribution in [0.5, 0.6) is 0 Å². The van der Waals surface area contributed by atoms with Gasteiger partial charge in [-0.25, -0.2) is 0 Å². The smallest absolute Gasteiger partial charge is 0.0964 e. The Kier molecular flexibility index (Phi) is 4.46. The van der Waals surface area contributed by atoms with Gasteiger partial charge in [0.15, 0.2) is 0 Å². The van der Waals surface area contributed by atoms with Crippen LogP contribution in [0, 0.1) is 0 Å². The van der Waals surface area contributed by atoms with Gasteiger partial charge in [0.05, 0.1) is 11.7 Å². The summed E-state index contributed by atoms with van der Waals surface area (Å²) in [5.41, 5.74) is 0.973. The average molecular weight is 265 g/mol. The summed E-state index contributed by atoms with van der Waals surface area (Å²) >= 11 is 1.80. The topological polar surface area (TPSA) is 46.0 Å². The van der Waals surface area contributed by atoms with E-state index in [1.807, 2.05) is 13.2 Å². The number of rotatable bonds is 6. The molecule has 2 aromatic heterocycles. The van der Waals surface area contributed by atoms with Crippen LogP contribution in [-0.4, -0.2) is 40.5 Å². The summed E-state index contributed by atoms with van der Waals surface area (Å²) in [6.07, 6.45) is 1.93. The number of aromatic nitrogens is 3. The van der Waals surface area contributed by atoms with Gasteiger partial charge < -0.3 is 10.2 Å². The van der Waals surface area contributed by atoms with E-state index in [-0.39, 0.29) is 0 Å². The molecule has 6 heteroatoms. The number of nitrogens with one attached hydrogen (secondary N) is 1. The maximum Gasteiger partial charge on any atom is 0.0964 e. The molecule has 2 aromatic rings. The van der Waals surface area contributed by atoms with E-state index in [0.29, 0.717) is 6.04 Å². The van der Waals surface area contributed by atoms with Crippen molar-refractivity contribution in [3.05, 3.63) is 34.3 Å². The summed E-state index contributed by atoms with van der Waals surface area (Å²) in [5.74, 6) is 0. The molecular weight excluding hydrogens is 246 g/mol. The molecule has 0 saturated heterocycles.